The van der Waals surface area contributed by atoms with E-state index < -0.39 is 17.7 Å². The Balaban J connectivity index is 1.51. The molecule has 4 aromatic rings. The van der Waals surface area contributed by atoms with Gasteiger partial charge in [0.15, 0.2) is 4.34 Å². The molecule has 1 aliphatic rings. The number of aliphatic hydroxyl groups is 1. The summed E-state index contributed by atoms with van der Waals surface area (Å²) in [7, 11) is 0. The molecule has 0 bridgehead atoms. The van der Waals surface area contributed by atoms with E-state index in [1.54, 1.807) is 24.3 Å². The average molecular weight is 630 g/mol. The lowest BCUT2D eigenvalue weighted by Crippen LogP contribution is -2.29. The summed E-state index contributed by atoms with van der Waals surface area (Å²) in [6, 6.07) is 23.2. The summed E-state index contributed by atoms with van der Waals surface area (Å²) in [6.45, 7) is 7.38. The zero-order valence-corrected chi connectivity index (χ0v) is 26.6. The van der Waals surface area contributed by atoms with E-state index in [1.807, 2.05) is 61.5 Å². The first-order chi connectivity index (χ1) is 21.4. The van der Waals surface area contributed by atoms with Crippen molar-refractivity contribution in [2.45, 2.75) is 49.7 Å². The molecule has 1 amide bonds. The molecule has 0 saturated carbocycles. The highest BCUT2D eigenvalue weighted by atomic mass is 32.2. The van der Waals surface area contributed by atoms with Gasteiger partial charge in [0.05, 0.1) is 24.8 Å². The fourth-order valence-corrected chi connectivity index (χ4v) is 6.52. The Morgan fingerprint density at radius 1 is 0.955 bits per heavy atom. The van der Waals surface area contributed by atoms with E-state index >= 15 is 0 Å². The molecule has 10 heteroatoms. The Hall–Kier alpha value is -4.15. The molecule has 5 rings (SSSR count). The largest absolute Gasteiger partial charge is 0.507 e. The van der Waals surface area contributed by atoms with Crippen LogP contribution in [0.4, 0.5) is 5.13 Å². The maximum atomic E-state index is 13.6. The van der Waals surface area contributed by atoms with E-state index in [0.29, 0.717) is 51.9 Å². The van der Waals surface area contributed by atoms with Crippen molar-refractivity contribution >= 4 is 45.7 Å². The average Bonchev–Trinajstić information content (AvgIpc) is 3.61. The van der Waals surface area contributed by atoms with Crippen LogP contribution in [0.2, 0.25) is 0 Å². The smallest absolute Gasteiger partial charge is 0.301 e. The second kappa shape index (κ2) is 14.5. The van der Waals surface area contributed by atoms with E-state index in [0.717, 1.165) is 18.4 Å². The quantitative estimate of drug-likeness (QED) is 0.0529. The molecular formula is C34H35N3O5S2. The van der Waals surface area contributed by atoms with Crippen molar-refractivity contribution in [3.63, 3.8) is 0 Å². The summed E-state index contributed by atoms with van der Waals surface area (Å²) in [5, 5.41) is 20.4. The highest BCUT2D eigenvalue weighted by Crippen LogP contribution is 2.44. The Labute approximate surface area is 265 Å². The number of nitrogens with zero attached hydrogens (tertiary/aromatic N) is 3. The fourth-order valence-electron chi connectivity index (χ4n) is 4.69. The molecular weight excluding hydrogens is 595 g/mol. The van der Waals surface area contributed by atoms with Gasteiger partial charge in [-0.05, 0) is 66.3 Å². The molecule has 2 heterocycles. The van der Waals surface area contributed by atoms with Crippen molar-refractivity contribution in [2.75, 3.05) is 18.1 Å². The number of aliphatic hydroxyl groups excluding tert-OH is 1. The standard InChI is InChI=1S/C34H35N3O5S2/c1-4-18-41-26-15-13-24(14-16-26)30(38)28-29(25-11-8-12-27(20-25)42-19-17-22(2)3)37(32(40)31(28)39)33-35-36-34(44-33)43-21-23-9-6-5-7-10-23/h5-16,20,22,29,38H,4,17-19,21H2,1-3H3/b30-28+. The van der Waals surface area contributed by atoms with E-state index in [9.17, 15) is 14.7 Å². The third-order valence-corrected chi connectivity index (χ3v) is 9.12. The van der Waals surface area contributed by atoms with E-state index in [-0.39, 0.29) is 16.5 Å². The summed E-state index contributed by atoms with van der Waals surface area (Å²) >= 11 is 2.74. The lowest BCUT2D eigenvalue weighted by Gasteiger charge is -2.23. The van der Waals surface area contributed by atoms with Crippen LogP contribution in [0.5, 0.6) is 11.5 Å². The Kier molecular flexibility index (Phi) is 10.3. The molecule has 1 fully saturated rings. The first kappa shape index (κ1) is 31.3. The van der Waals surface area contributed by atoms with Gasteiger partial charge in [-0.3, -0.25) is 14.5 Å². The van der Waals surface area contributed by atoms with Crippen molar-refractivity contribution in [1.82, 2.24) is 10.2 Å². The van der Waals surface area contributed by atoms with Crippen LogP contribution in [-0.4, -0.2) is 40.2 Å². The highest BCUT2D eigenvalue weighted by Gasteiger charge is 2.48. The van der Waals surface area contributed by atoms with Crippen LogP contribution in [0.15, 0.2) is 88.8 Å². The predicted molar refractivity (Wildman–Crippen MR) is 174 cm³/mol. The van der Waals surface area contributed by atoms with E-state index in [1.165, 1.54) is 28.0 Å². The Morgan fingerprint density at radius 2 is 1.70 bits per heavy atom. The van der Waals surface area contributed by atoms with Crippen molar-refractivity contribution in [3.8, 4) is 11.5 Å². The van der Waals surface area contributed by atoms with Gasteiger partial charge in [0, 0.05) is 11.3 Å². The number of Topliss-reactive ketones (excluding diaryl/α,β-unsaturated/α-hetero) is 1. The molecule has 1 aromatic heterocycles. The van der Waals surface area contributed by atoms with Gasteiger partial charge in [0.2, 0.25) is 5.13 Å². The first-order valence-corrected chi connectivity index (χ1v) is 16.4. The van der Waals surface area contributed by atoms with Gasteiger partial charge in [0.25, 0.3) is 5.78 Å². The molecule has 0 spiro atoms. The van der Waals surface area contributed by atoms with Gasteiger partial charge in [-0.25, -0.2) is 0 Å². The summed E-state index contributed by atoms with van der Waals surface area (Å²) in [4.78, 5) is 28.6. The van der Waals surface area contributed by atoms with Crippen LogP contribution < -0.4 is 14.4 Å². The van der Waals surface area contributed by atoms with Crippen LogP contribution in [0, 0.1) is 5.92 Å². The van der Waals surface area contributed by atoms with Crippen molar-refractivity contribution < 1.29 is 24.2 Å². The highest BCUT2D eigenvalue weighted by molar-refractivity contribution is 8.00. The van der Waals surface area contributed by atoms with Gasteiger partial charge in [0.1, 0.15) is 17.3 Å². The van der Waals surface area contributed by atoms with Gasteiger partial charge in [-0.15, -0.1) is 10.2 Å². The van der Waals surface area contributed by atoms with Gasteiger partial charge in [-0.1, -0.05) is 86.3 Å². The maximum Gasteiger partial charge on any atom is 0.301 e. The van der Waals surface area contributed by atoms with Gasteiger partial charge in [-0.2, -0.15) is 0 Å². The number of anilines is 1. The summed E-state index contributed by atoms with van der Waals surface area (Å²) in [5.74, 6) is 0.594. The molecule has 0 radical (unpaired) electrons. The zero-order chi connectivity index (χ0) is 31.1. The molecule has 1 saturated heterocycles. The van der Waals surface area contributed by atoms with Crippen molar-refractivity contribution in [1.29, 1.82) is 0 Å². The predicted octanol–water partition coefficient (Wildman–Crippen LogP) is 7.67. The maximum absolute atomic E-state index is 13.6. The lowest BCUT2D eigenvalue weighted by atomic mass is 9.95. The van der Waals surface area contributed by atoms with Crippen LogP contribution in [0.25, 0.3) is 5.76 Å². The number of thioether (sulfide) groups is 1. The third kappa shape index (κ3) is 7.31. The molecule has 1 unspecified atom stereocenters. The number of carbonyl (C=O) groups is 2. The Bertz CT molecular complexity index is 1620. The number of hydrogen-bond acceptors (Lipinski definition) is 9. The molecule has 1 aliphatic heterocycles. The number of hydrogen-bond donors (Lipinski definition) is 1. The SMILES string of the molecule is CCCOc1ccc(/C(O)=C2\C(=O)C(=O)N(c3nnc(SCc4ccccc4)s3)C2c2cccc(OCCC(C)C)c2)cc1. The second-order valence-corrected chi connectivity index (χ2v) is 12.9. The Morgan fingerprint density at radius 3 is 2.43 bits per heavy atom. The molecule has 1 atom stereocenters. The molecule has 0 aliphatic carbocycles. The number of rotatable bonds is 13. The van der Waals surface area contributed by atoms with Crippen LogP contribution in [-0.2, 0) is 15.3 Å². The summed E-state index contributed by atoms with van der Waals surface area (Å²) in [6.07, 6.45) is 1.75. The lowest BCUT2D eigenvalue weighted by molar-refractivity contribution is -0.132. The minimum absolute atomic E-state index is 0.0229. The first-order valence-electron chi connectivity index (χ1n) is 14.6. The third-order valence-electron chi connectivity index (χ3n) is 6.99. The number of aromatic nitrogens is 2. The number of benzene rings is 3. The molecule has 3 aromatic carbocycles. The van der Waals surface area contributed by atoms with Crippen LogP contribution in [0.1, 0.15) is 56.3 Å². The normalized spacial score (nSPS) is 16.1. The van der Waals surface area contributed by atoms with Crippen LogP contribution in [0.3, 0.4) is 0 Å². The number of carbonyl (C=O) groups excluding carboxylic acids is 2. The topological polar surface area (TPSA) is 102 Å². The monoisotopic (exact) mass is 629 g/mol. The molecule has 44 heavy (non-hydrogen) atoms. The van der Waals surface area contributed by atoms with Crippen molar-refractivity contribution in [3.05, 3.63) is 101 Å². The van der Waals surface area contributed by atoms with E-state index in [4.69, 9.17) is 9.47 Å². The van der Waals surface area contributed by atoms with Gasteiger partial charge < -0.3 is 14.6 Å². The number of ketones is 1. The van der Waals surface area contributed by atoms with Gasteiger partial charge >= 0.3 is 5.91 Å². The number of ether oxygens (including phenoxy) is 2. The van der Waals surface area contributed by atoms with Crippen LogP contribution >= 0.6 is 23.1 Å². The minimum Gasteiger partial charge on any atom is -0.507 e. The number of amides is 1. The summed E-state index contributed by atoms with van der Waals surface area (Å²) in [5.41, 5.74) is 2.13. The molecule has 228 valence electrons. The molecule has 8 nitrogen and oxygen atoms in total. The summed E-state index contributed by atoms with van der Waals surface area (Å²) < 4.78 is 12.3. The van der Waals surface area contributed by atoms with Crippen molar-refractivity contribution in [2.24, 2.45) is 5.92 Å². The minimum atomic E-state index is -0.931. The van der Waals surface area contributed by atoms with E-state index in [2.05, 4.69) is 24.0 Å². The second-order valence-electron chi connectivity index (χ2n) is 10.8. The zero-order valence-electron chi connectivity index (χ0n) is 24.9. The fraction of sp³-hybridized carbons (Fsp3) is 0.294. The molecule has 1 N–H and O–H groups in total.